The van der Waals surface area contributed by atoms with E-state index in [9.17, 15) is 9.18 Å². The Bertz CT molecular complexity index is 1310. The van der Waals surface area contributed by atoms with Gasteiger partial charge in [0, 0.05) is 30.8 Å². The van der Waals surface area contributed by atoms with Gasteiger partial charge in [-0.15, -0.1) is 0 Å². The van der Waals surface area contributed by atoms with Crippen LogP contribution in [0.25, 0.3) is 0 Å². The number of rotatable bonds is 10. The van der Waals surface area contributed by atoms with E-state index in [0.717, 1.165) is 49.7 Å². The Morgan fingerprint density at radius 3 is 2.41 bits per heavy atom. The first-order valence-electron chi connectivity index (χ1n) is 13.6. The average Bonchev–Trinajstić information content (AvgIpc) is 3.66. The summed E-state index contributed by atoms with van der Waals surface area (Å²) in [7, 11) is 0. The second kappa shape index (κ2) is 11.2. The highest BCUT2D eigenvalue weighted by Crippen LogP contribution is 2.48. The van der Waals surface area contributed by atoms with Crippen molar-refractivity contribution in [2.24, 2.45) is 5.92 Å². The van der Waals surface area contributed by atoms with Gasteiger partial charge in [0.25, 0.3) is 0 Å². The molecule has 204 valence electrons. The first-order chi connectivity index (χ1) is 19.0. The Labute approximate surface area is 227 Å². The fraction of sp³-hybridized carbons (Fsp3) is 0.387. The van der Waals surface area contributed by atoms with E-state index < -0.39 is 12.1 Å². The highest BCUT2D eigenvalue weighted by molar-refractivity contribution is 5.75. The molecule has 1 N–H and O–H groups in total. The van der Waals surface area contributed by atoms with Crippen molar-refractivity contribution in [3.05, 3.63) is 83.2 Å². The molecule has 0 spiro atoms. The minimum atomic E-state index is -0.750. The lowest BCUT2D eigenvalue weighted by atomic mass is 10.1. The zero-order valence-electron chi connectivity index (χ0n) is 21.7. The molecule has 39 heavy (non-hydrogen) atoms. The molecular weight excluding hydrogens is 501 g/mol. The summed E-state index contributed by atoms with van der Waals surface area (Å²) in [6.45, 7) is 4.89. The third-order valence-electron chi connectivity index (χ3n) is 7.77. The van der Waals surface area contributed by atoms with Gasteiger partial charge in [-0.2, -0.15) is 0 Å². The maximum absolute atomic E-state index is 14.9. The SMILES string of the molecule is O=C(O)[C@H]1C[C@@H]1c1ccc(O[C@@H]2CCc3c(Oc4ccc(OCCN5CCOCC5)cc4)ccc(F)c32)cc1. The van der Waals surface area contributed by atoms with E-state index in [0.29, 0.717) is 48.7 Å². The molecule has 0 amide bonds. The van der Waals surface area contributed by atoms with E-state index in [1.165, 1.54) is 6.07 Å². The Morgan fingerprint density at radius 1 is 0.974 bits per heavy atom. The molecule has 1 saturated carbocycles. The molecule has 3 aromatic carbocycles. The largest absolute Gasteiger partial charge is 0.492 e. The molecule has 1 heterocycles. The number of morpholine rings is 1. The van der Waals surface area contributed by atoms with E-state index in [1.807, 2.05) is 48.5 Å². The van der Waals surface area contributed by atoms with Crippen LogP contribution >= 0.6 is 0 Å². The third kappa shape index (κ3) is 5.87. The number of carboxylic acids is 1. The van der Waals surface area contributed by atoms with Gasteiger partial charge in [-0.3, -0.25) is 9.69 Å². The van der Waals surface area contributed by atoms with Gasteiger partial charge in [-0.1, -0.05) is 12.1 Å². The summed E-state index contributed by atoms with van der Waals surface area (Å²) >= 11 is 0. The molecule has 0 bridgehead atoms. The van der Waals surface area contributed by atoms with Gasteiger partial charge < -0.3 is 24.1 Å². The Hall–Kier alpha value is -3.62. The Kier molecular flexibility index (Phi) is 7.39. The molecule has 2 fully saturated rings. The number of hydrogen-bond donors (Lipinski definition) is 1. The molecule has 1 saturated heterocycles. The first kappa shape index (κ1) is 25.6. The number of hydrogen-bond acceptors (Lipinski definition) is 6. The van der Waals surface area contributed by atoms with Crippen LogP contribution in [0.15, 0.2) is 60.7 Å². The van der Waals surface area contributed by atoms with Crippen LogP contribution < -0.4 is 14.2 Å². The third-order valence-corrected chi connectivity index (χ3v) is 7.77. The summed E-state index contributed by atoms with van der Waals surface area (Å²) in [5.41, 5.74) is 2.36. The van der Waals surface area contributed by atoms with Crippen molar-refractivity contribution in [2.75, 3.05) is 39.5 Å². The normalized spacial score (nSPS) is 22.2. The number of aliphatic carboxylic acids is 1. The van der Waals surface area contributed by atoms with Gasteiger partial charge in [-0.05, 0) is 79.3 Å². The molecule has 8 heteroatoms. The van der Waals surface area contributed by atoms with Gasteiger partial charge in [0.05, 0.1) is 19.1 Å². The molecule has 0 unspecified atom stereocenters. The monoisotopic (exact) mass is 533 g/mol. The van der Waals surface area contributed by atoms with Crippen molar-refractivity contribution in [3.63, 3.8) is 0 Å². The molecule has 3 aromatic rings. The molecule has 2 aliphatic carbocycles. The Balaban J connectivity index is 1.07. The average molecular weight is 534 g/mol. The van der Waals surface area contributed by atoms with E-state index in [4.69, 9.17) is 24.1 Å². The van der Waals surface area contributed by atoms with E-state index in [-0.39, 0.29) is 17.7 Å². The van der Waals surface area contributed by atoms with Gasteiger partial charge in [0.1, 0.15) is 41.5 Å². The predicted molar refractivity (Wildman–Crippen MR) is 142 cm³/mol. The topological polar surface area (TPSA) is 77.5 Å². The second-order valence-electron chi connectivity index (χ2n) is 10.3. The summed E-state index contributed by atoms with van der Waals surface area (Å²) in [6, 6.07) is 18.1. The number of halogens is 1. The summed E-state index contributed by atoms with van der Waals surface area (Å²) in [5, 5.41) is 9.17. The van der Waals surface area contributed by atoms with Crippen LogP contribution in [0.5, 0.6) is 23.0 Å². The second-order valence-corrected chi connectivity index (χ2v) is 10.3. The van der Waals surface area contributed by atoms with Crippen molar-refractivity contribution >= 4 is 5.97 Å². The van der Waals surface area contributed by atoms with Crippen LogP contribution in [0.1, 0.15) is 41.6 Å². The number of ether oxygens (including phenoxy) is 4. The van der Waals surface area contributed by atoms with Gasteiger partial charge in [0.15, 0.2) is 0 Å². The Morgan fingerprint density at radius 2 is 1.69 bits per heavy atom. The smallest absolute Gasteiger partial charge is 0.307 e. The highest BCUT2D eigenvalue weighted by atomic mass is 19.1. The quantitative estimate of drug-likeness (QED) is 0.364. The van der Waals surface area contributed by atoms with Crippen molar-refractivity contribution in [1.82, 2.24) is 4.90 Å². The summed E-state index contributed by atoms with van der Waals surface area (Å²) in [6.07, 6.45) is 1.55. The fourth-order valence-corrected chi connectivity index (χ4v) is 5.50. The molecule has 3 aliphatic rings. The molecule has 6 rings (SSSR count). The molecule has 0 radical (unpaired) electrons. The maximum atomic E-state index is 14.9. The van der Waals surface area contributed by atoms with Crippen molar-refractivity contribution in [1.29, 1.82) is 0 Å². The molecule has 7 nitrogen and oxygen atoms in total. The van der Waals surface area contributed by atoms with Crippen molar-refractivity contribution in [3.8, 4) is 23.0 Å². The van der Waals surface area contributed by atoms with Crippen molar-refractivity contribution < 1.29 is 33.2 Å². The van der Waals surface area contributed by atoms with E-state index >= 15 is 0 Å². The molecular formula is C31H32FNO6. The zero-order valence-corrected chi connectivity index (χ0v) is 21.7. The molecule has 1 aliphatic heterocycles. The lowest BCUT2D eigenvalue weighted by molar-refractivity contribution is -0.138. The first-order valence-corrected chi connectivity index (χ1v) is 13.6. The number of benzene rings is 3. The van der Waals surface area contributed by atoms with Crippen LogP contribution in [-0.4, -0.2) is 55.4 Å². The lowest BCUT2D eigenvalue weighted by Crippen LogP contribution is -2.38. The zero-order chi connectivity index (χ0) is 26.8. The maximum Gasteiger partial charge on any atom is 0.307 e. The standard InChI is InChI=1S/C31H32FNO6/c32-27-10-12-28(38-23-7-5-21(6-8-23)37-18-15-33-13-16-36-17-14-33)24-9-11-29(30(24)27)39-22-3-1-20(2-4-22)25-19-26(25)31(34)35/h1-8,10,12,25-26,29H,9,11,13-19H2,(H,34,35)/t25-,26+,29-/m1/s1. The van der Waals surface area contributed by atoms with Crippen molar-refractivity contribution in [2.45, 2.75) is 31.3 Å². The van der Waals surface area contributed by atoms with Crippen LogP contribution in [0.3, 0.4) is 0 Å². The minimum Gasteiger partial charge on any atom is -0.492 e. The summed E-state index contributed by atoms with van der Waals surface area (Å²) in [4.78, 5) is 13.5. The van der Waals surface area contributed by atoms with Gasteiger partial charge in [-0.25, -0.2) is 4.39 Å². The molecule has 0 aromatic heterocycles. The minimum absolute atomic E-state index is 0.0663. The number of fused-ring (bicyclic) bond motifs is 1. The van der Waals surface area contributed by atoms with E-state index in [1.54, 1.807) is 6.07 Å². The number of carboxylic acid groups (broad SMARTS) is 1. The van der Waals surface area contributed by atoms with Gasteiger partial charge >= 0.3 is 5.97 Å². The van der Waals surface area contributed by atoms with Gasteiger partial charge in [0.2, 0.25) is 0 Å². The summed E-state index contributed by atoms with van der Waals surface area (Å²) < 4.78 is 38.5. The highest BCUT2D eigenvalue weighted by Gasteiger charge is 2.44. The predicted octanol–water partition coefficient (Wildman–Crippen LogP) is 5.58. The van der Waals surface area contributed by atoms with Crippen LogP contribution in [0.2, 0.25) is 0 Å². The van der Waals surface area contributed by atoms with Crippen LogP contribution in [0.4, 0.5) is 4.39 Å². The molecule has 3 atom stereocenters. The fourth-order valence-electron chi connectivity index (χ4n) is 5.50. The lowest BCUT2D eigenvalue weighted by Gasteiger charge is -2.26. The van der Waals surface area contributed by atoms with E-state index in [2.05, 4.69) is 4.90 Å². The van der Waals surface area contributed by atoms with Crippen LogP contribution in [0, 0.1) is 11.7 Å². The number of carbonyl (C=O) groups is 1. The number of nitrogens with zero attached hydrogens (tertiary/aromatic N) is 1. The van der Waals surface area contributed by atoms with Crippen LogP contribution in [-0.2, 0) is 16.0 Å². The summed E-state index contributed by atoms with van der Waals surface area (Å²) in [5.74, 6) is 1.42.